The average molecular weight is 376 g/mol. The third kappa shape index (κ3) is 3.90. The largest absolute Gasteiger partial charge is 0.417 e. The molecule has 1 aromatic carbocycles. The summed E-state index contributed by atoms with van der Waals surface area (Å²) in [5, 5.41) is 19.4. The highest BCUT2D eigenvalue weighted by Gasteiger charge is 2.30. The molecule has 1 N–H and O–H groups in total. The molecule has 3 rings (SSSR count). The molecular weight excluding hydrogens is 367 g/mol. The fourth-order valence-electron chi connectivity index (χ4n) is 2.21. The predicted molar refractivity (Wildman–Crippen MR) is 89.7 cm³/mol. The molecule has 0 aliphatic rings. The summed E-state index contributed by atoms with van der Waals surface area (Å²) in [6, 6.07) is 9.21. The van der Waals surface area contributed by atoms with Gasteiger partial charge in [-0.3, -0.25) is 4.98 Å². The second-order valence-corrected chi connectivity index (χ2v) is 5.66. The number of nitrogens with one attached hydrogen (secondary N) is 1. The monoisotopic (exact) mass is 375 g/mol. The van der Waals surface area contributed by atoms with Crippen molar-refractivity contribution in [1.29, 1.82) is 5.26 Å². The number of nitrogens with zero attached hydrogens (tertiary/aromatic N) is 4. The summed E-state index contributed by atoms with van der Waals surface area (Å²) >= 11 is 6.10. The first kappa shape index (κ1) is 17.6. The zero-order valence-electron chi connectivity index (χ0n) is 12.9. The van der Waals surface area contributed by atoms with Gasteiger partial charge in [-0.15, -0.1) is 5.10 Å². The minimum atomic E-state index is -4.42. The molecule has 0 radical (unpaired) electrons. The van der Waals surface area contributed by atoms with E-state index in [1.807, 2.05) is 6.07 Å². The molecule has 0 amide bonds. The summed E-state index contributed by atoms with van der Waals surface area (Å²) in [4.78, 5) is 3.77. The van der Waals surface area contributed by atoms with Gasteiger partial charge in [0, 0.05) is 16.8 Å². The van der Waals surface area contributed by atoms with Gasteiger partial charge in [-0.1, -0.05) is 22.9 Å². The van der Waals surface area contributed by atoms with Gasteiger partial charge in [0.25, 0.3) is 0 Å². The Balaban J connectivity index is 1.88. The van der Waals surface area contributed by atoms with Crippen LogP contribution in [0.5, 0.6) is 0 Å². The lowest BCUT2D eigenvalue weighted by Crippen LogP contribution is -2.05. The van der Waals surface area contributed by atoms with Crippen LogP contribution < -0.4 is 0 Å². The first-order valence-corrected chi connectivity index (χ1v) is 7.58. The highest BCUT2D eigenvalue weighted by molar-refractivity contribution is 6.31. The van der Waals surface area contributed by atoms with E-state index in [0.29, 0.717) is 27.5 Å². The molecule has 9 heteroatoms. The minimum absolute atomic E-state index is 0.201. The molecule has 0 bridgehead atoms. The van der Waals surface area contributed by atoms with Crippen molar-refractivity contribution in [2.75, 3.05) is 0 Å². The van der Waals surface area contributed by atoms with Gasteiger partial charge in [0.05, 0.1) is 11.3 Å². The van der Waals surface area contributed by atoms with E-state index >= 15 is 0 Å². The van der Waals surface area contributed by atoms with Crippen molar-refractivity contribution in [3.63, 3.8) is 0 Å². The van der Waals surface area contributed by atoms with Crippen LogP contribution in [0.25, 0.3) is 23.4 Å². The summed E-state index contributed by atoms with van der Waals surface area (Å²) in [6.07, 6.45) is -0.439. The maximum Gasteiger partial charge on any atom is 0.417 e. The molecule has 2 aromatic heterocycles. The van der Waals surface area contributed by atoms with Crippen molar-refractivity contribution in [2.24, 2.45) is 0 Å². The van der Waals surface area contributed by atoms with Crippen molar-refractivity contribution in [3.05, 3.63) is 64.1 Å². The molecule has 26 heavy (non-hydrogen) atoms. The number of aromatic nitrogens is 4. The zero-order chi connectivity index (χ0) is 18.7. The number of benzene rings is 1. The molecule has 0 fully saturated rings. The maximum absolute atomic E-state index is 12.5. The summed E-state index contributed by atoms with van der Waals surface area (Å²) in [5.41, 5.74) is 1.36. The van der Waals surface area contributed by atoms with Gasteiger partial charge >= 0.3 is 6.18 Å². The first-order valence-electron chi connectivity index (χ1n) is 7.20. The third-order valence-corrected chi connectivity index (χ3v) is 3.63. The Kier molecular flexibility index (Phi) is 4.73. The van der Waals surface area contributed by atoms with Crippen LogP contribution in [-0.2, 0) is 6.18 Å². The number of nitriles is 1. The Morgan fingerprint density at radius 1 is 1.15 bits per heavy atom. The molecule has 0 saturated heterocycles. The molecule has 2 heterocycles. The van der Waals surface area contributed by atoms with Gasteiger partial charge in [-0.25, -0.2) is 5.10 Å². The van der Waals surface area contributed by atoms with E-state index in [-0.39, 0.29) is 5.69 Å². The Bertz CT molecular complexity index is 1000. The third-order valence-electron chi connectivity index (χ3n) is 3.41. The standard InChI is InChI=1S/C17H9ClF3N5/c18-13-6-10(5-11(7-13)16-15(8-22)24-26-25-16)1-3-14-4-2-12(9-23-14)17(19,20)21/h1-7,9H,(H,24,25,26)/b3-1+. The molecule has 0 saturated carbocycles. The molecule has 0 spiro atoms. The molecule has 0 atom stereocenters. The Morgan fingerprint density at radius 3 is 2.62 bits per heavy atom. The molecule has 0 aliphatic heterocycles. The highest BCUT2D eigenvalue weighted by Crippen LogP contribution is 2.29. The van der Waals surface area contributed by atoms with Crippen molar-refractivity contribution in [1.82, 2.24) is 20.4 Å². The summed E-state index contributed by atoms with van der Waals surface area (Å²) in [6.45, 7) is 0. The van der Waals surface area contributed by atoms with E-state index in [4.69, 9.17) is 16.9 Å². The quantitative estimate of drug-likeness (QED) is 0.726. The number of halogens is 4. The van der Waals surface area contributed by atoms with Crippen LogP contribution in [0.2, 0.25) is 5.02 Å². The van der Waals surface area contributed by atoms with Crippen molar-refractivity contribution in [3.8, 4) is 17.3 Å². The molecule has 3 aromatic rings. The highest BCUT2D eigenvalue weighted by atomic mass is 35.5. The van der Waals surface area contributed by atoms with Gasteiger partial charge < -0.3 is 0 Å². The number of hydrogen-bond donors (Lipinski definition) is 1. The van der Waals surface area contributed by atoms with E-state index in [0.717, 1.165) is 12.3 Å². The fraction of sp³-hybridized carbons (Fsp3) is 0.0588. The smallest absolute Gasteiger partial charge is 0.256 e. The average Bonchev–Trinajstić information content (AvgIpc) is 3.08. The Morgan fingerprint density at radius 2 is 1.96 bits per heavy atom. The van der Waals surface area contributed by atoms with Crippen molar-refractivity contribution < 1.29 is 13.2 Å². The predicted octanol–water partition coefficient (Wildman–Crippen LogP) is 4.58. The van der Waals surface area contributed by atoms with Crippen LogP contribution in [0.4, 0.5) is 13.2 Å². The van der Waals surface area contributed by atoms with Crippen LogP contribution in [0.15, 0.2) is 36.5 Å². The van der Waals surface area contributed by atoms with Gasteiger partial charge in [0.1, 0.15) is 11.8 Å². The topological polar surface area (TPSA) is 78.2 Å². The number of hydrogen-bond acceptors (Lipinski definition) is 4. The second-order valence-electron chi connectivity index (χ2n) is 5.22. The number of rotatable bonds is 3. The first-order chi connectivity index (χ1) is 12.4. The van der Waals surface area contributed by atoms with Gasteiger partial charge in [-0.05, 0) is 42.0 Å². The Labute approximate surface area is 150 Å². The second kappa shape index (κ2) is 6.98. The molecule has 5 nitrogen and oxygen atoms in total. The normalized spacial score (nSPS) is 11.7. The van der Waals surface area contributed by atoms with Crippen LogP contribution in [0, 0.1) is 11.3 Å². The van der Waals surface area contributed by atoms with Crippen LogP contribution >= 0.6 is 11.6 Å². The van der Waals surface area contributed by atoms with Crippen LogP contribution in [0.1, 0.15) is 22.5 Å². The summed E-state index contributed by atoms with van der Waals surface area (Å²) in [7, 11) is 0. The molecule has 0 unspecified atom stereocenters. The van der Waals surface area contributed by atoms with Crippen molar-refractivity contribution >= 4 is 23.8 Å². The minimum Gasteiger partial charge on any atom is -0.256 e. The lowest BCUT2D eigenvalue weighted by molar-refractivity contribution is -0.137. The summed E-state index contributed by atoms with van der Waals surface area (Å²) < 4.78 is 37.6. The van der Waals surface area contributed by atoms with Crippen molar-refractivity contribution in [2.45, 2.75) is 6.18 Å². The number of alkyl halides is 3. The maximum atomic E-state index is 12.5. The fourth-order valence-corrected chi connectivity index (χ4v) is 2.45. The molecular formula is C17H9ClF3N5. The number of H-pyrrole nitrogens is 1. The van der Waals surface area contributed by atoms with Crippen LogP contribution in [-0.4, -0.2) is 20.4 Å². The van der Waals surface area contributed by atoms with Gasteiger partial charge in [0.15, 0.2) is 5.69 Å². The van der Waals surface area contributed by atoms with E-state index in [1.165, 1.54) is 6.07 Å². The van der Waals surface area contributed by atoms with E-state index in [9.17, 15) is 13.2 Å². The SMILES string of the molecule is N#Cc1[nH]nnc1-c1cc(Cl)cc(/C=C/c2ccc(C(F)(F)F)cn2)c1. The number of aromatic amines is 1. The van der Waals surface area contributed by atoms with E-state index in [2.05, 4.69) is 20.4 Å². The molecule has 130 valence electrons. The molecule has 0 aliphatic carbocycles. The zero-order valence-corrected chi connectivity index (χ0v) is 13.7. The van der Waals surface area contributed by atoms with Gasteiger partial charge in [-0.2, -0.15) is 18.4 Å². The van der Waals surface area contributed by atoms with Crippen LogP contribution in [0.3, 0.4) is 0 Å². The summed E-state index contributed by atoms with van der Waals surface area (Å²) in [5.74, 6) is 0. The van der Waals surface area contributed by atoms with Gasteiger partial charge in [0.2, 0.25) is 0 Å². The van der Waals surface area contributed by atoms with E-state index < -0.39 is 11.7 Å². The lowest BCUT2D eigenvalue weighted by atomic mass is 10.1. The lowest BCUT2D eigenvalue weighted by Gasteiger charge is -2.05. The Hall–Kier alpha value is -3.18. The number of pyridine rings is 1. The van der Waals surface area contributed by atoms with E-state index in [1.54, 1.807) is 30.4 Å².